The number of carbonyl (C=O) groups excluding carboxylic acids is 3. The van der Waals surface area contributed by atoms with Gasteiger partial charge in [0.2, 0.25) is 17.7 Å². The van der Waals surface area contributed by atoms with E-state index in [1.807, 2.05) is 47.0 Å². The number of pyridine rings is 1. The number of fused-ring (bicyclic) bond motifs is 1. The van der Waals surface area contributed by atoms with Crippen LogP contribution in [0.1, 0.15) is 35.1 Å². The van der Waals surface area contributed by atoms with E-state index in [0.29, 0.717) is 42.8 Å². The molecule has 2 saturated heterocycles. The van der Waals surface area contributed by atoms with E-state index in [2.05, 4.69) is 4.98 Å². The van der Waals surface area contributed by atoms with Crippen LogP contribution < -0.4 is 9.64 Å². The molecule has 204 valence electrons. The maximum Gasteiger partial charge on any atom is 0.248 e. The van der Waals surface area contributed by atoms with Gasteiger partial charge in [0.1, 0.15) is 31.3 Å². The quantitative estimate of drug-likeness (QED) is 0.300. The minimum absolute atomic E-state index is 0.0314. The second-order valence-electron chi connectivity index (χ2n) is 10.0. The number of hydrogen-bond acceptors (Lipinski definition) is 7. The molecule has 0 saturated carbocycles. The van der Waals surface area contributed by atoms with Crippen LogP contribution in [0.5, 0.6) is 5.88 Å². The topological polar surface area (TPSA) is 107 Å². The molecule has 2 aliphatic rings. The van der Waals surface area contributed by atoms with Gasteiger partial charge >= 0.3 is 0 Å². The average molecular weight is 540 g/mol. The van der Waals surface area contributed by atoms with Gasteiger partial charge in [-0.05, 0) is 43.2 Å². The van der Waals surface area contributed by atoms with Crippen molar-refractivity contribution >= 4 is 34.4 Å². The van der Waals surface area contributed by atoms with E-state index in [1.165, 1.54) is 16.7 Å². The van der Waals surface area contributed by atoms with Crippen LogP contribution in [0.3, 0.4) is 0 Å². The molecule has 2 aliphatic heterocycles. The van der Waals surface area contributed by atoms with Crippen molar-refractivity contribution in [1.29, 1.82) is 0 Å². The molecule has 1 atom stereocenters. The largest absolute Gasteiger partial charge is 0.473 e. The first-order valence-corrected chi connectivity index (χ1v) is 13.3. The van der Waals surface area contributed by atoms with Gasteiger partial charge in [0.25, 0.3) is 0 Å². The van der Waals surface area contributed by atoms with Crippen molar-refractivity contribution in [2.24, 2.45) is 0 Å². The summed E-state index contributed by atoms with van der Waals surface area (Å²) in [5.74, 6) is 0.915. The summed E-state index contributed by atoms with van der Waals surface area (Å²) in [5.41, 5.74) is 3.14. The van der Waals surface area contributed by atoms with Crippen molar-refractivity contribution in [1.82, 2.24) is 19.4 Å². The van der Waals surface area contributed by atoms with E-state index in [9.17, 15) is 14.4 Å². The zero-order valence-electron chi connectivity index (χ0n) is 22.2. The monoisotopic (exact) mass is 539 g/mol. The molecule has 0 bridgehead atoms. The number of ketones is 1. The molecule has 6 rings (SSSR count). The fraction of sp³-hybridized carbons (Fsp3) is 0.300. The van der Waals surface area contributed by atoms with E-state index in [0.717, 1.165) is 23.0 Å². The van der Waals surface area contributed by atoms with Crippen LogP contribution in [0.2, 0.25) is 0 Å². The summed E-state index contributed by atoms with van der Waals surface area (Å²) in [6, 6.07) is 20.3. The first kappa shape index (κ1) is 25.7. The summed E-state index contributed by atoms with van der Waals surface area (Å²) < 4.78 is 13.5. The maximum absolute atomic E-state index is 13.2. The lowest BCUT2D eigenvalue weighted by atomic mass is 10.1. The fourth-order valence-corrected chi connectivity index (χ4v) is 4.90. The lowest BCUT2D eigenvalue weighted by molar-refractivity contribution is -0.139. The van der Waals surface area contributed by atoms with Crippen LogP contribution in [0.25, 0.3) is 11.0 Å². The third kappa shape index (κ3) is 5.30. The van der Waals surface area contributed by atoms with Crippen LogP contribution in [0, 0.1) is 0 Å². The number of ether oxygens (including phenoxy) is 2. The summed E-state index contributed by atoms with van der Waals surface area (Å²) in [6.45, 7) is 3.09. The Morgan fingerprint density at radius 3 is 2.58 bits per heavy atom. The minimum Gasteiger partial charge on any atom is -0.473 e. The second-order valence-corrected chi connectivity index (χ2v) is 10.0. The fourth-order valence-electron chi connectivity index (χ4n) is 4.90. The Labute approximate surface area is 231 Å². The van der Waals surface area contributed by atoms with Gasteiger partial charge in [0.15, 0.2) is 5.78 Å². The number of hydrogen-bond donors (Lipinski definition) is 0. The number of amides is 2. The van der Waals surface area contributed by atoms with Crippen LogP contribution in [-0.4, -0.2) is 62.8 Å². The van der Waals surface area contributed by atoms with Gasteiger partial charge in [-0.25, -0.2) is 4.98 Å². The molecule has 2 amide bonds. The van der Waals surface area contributed by atoms with E-state index < -0.39 is 0 Å². The summed E-state index contributed by atoms with van der Waals surface area (Å²) in [7, 11) is 0. The van der Waals surface area contributed by atoms with Crippen LogP contribution in [0.15, 0.2) is 66.7 Å². The zero-order valence-corrected chi connectivity index (χ0v) is 22.2. The summed E-state index contributed by atoms with van der Waals surface area (Å²) in [4.78, 5) is 50.6. The van der Waals surface area contributed by atoms with Crippen molar-refractivity contribution < 1.29 is 23.9 Å². The molecule has 2 aromatic carbocycles. The number of carbonyl (C=O) groups is 3. The number of imidazole rings is 1. The lowest BCUT2D eigenvalue weighted by Crippen LogP contribution is -2.54. The minimum atomic E-state index is -0.240. The molecule has 0 radical (unpaired) electrons. The van der Waals surface area contributed by atoms with Gasteiger partial charge in [-0.3, -0.25) is 19.3 Å². The first-order chi connectivity index (χ1) is 19.4. The van der Waals surface area contributed by atoms with Gasteiger partial charge in [-0.2, -0.15) is 4.98 Å². The summed E-state index contributed by atoms with van der Waals surface area (Å²) in [5, 5.41) is 0. The second kappa shape index (κ2) is 10.9. The van der Waals surface area contributed by atoms with E-state index in [-0.39, 0.29) is 43.3 Å². The van der Waals surface area contributed by atoms with Gasteiger partial charge < -0.3 is 18.9 Å². The molecular weight excluding hydrogens is 510 g/mol. The van der Waals surface area contributed by atoms with E-state index >= 15 is 0 Å². The number of rotatable bonds is 9. The number of anilines is 1. The Kier molecular flexibility index (Phi) is 7.00. The van der Waals surface area contributed by atoms with E-state index in [4.69, 9.17) is 14.5 Å². The predicted octanol–water partition coefficient (Wildman–Crippen LogP) is 3.38. The predicted molar refractivity (Wildman–Crippen MR) is 147 cm³/mol. The molecule has 4 aromatic rings. The van der Waals surface area contributed by atoms with Gasteiger partial charge in [0, 0.05) is 18.2 Å². The summed E-state index contributed by atoms with van der Waals surface area (Å²) in [6.07, 6.45) is 0.983. The number of Topliss-reactive ketones (excluding diaryl/α,β-unsaturated/α-hetero) is 1. The number of benzene rings is 2. The highest BCUT2D eigenvalue weighted by Gasteiger charge is 2.33. The number of nitrogens with zero attached hydrogens (tertiary/aromatic N) is 5. The third-order valence-electron chi connectivity index (χ3n) is 7.23. The molecule has 2 aromatic heterocycles. The van der Waals surface area contributed by atoms with Crippen LogP contribution in [-0.2, 0) is 34.0 Å². The maximum atomic E-state index is 13.2. The van der Waals surface area contributed by atoms with Gasteiger partial charge in [-0.1, -0.05) is 36.4 Å². The summed E-state index contributed by atoms with van der Waals surface area (Å²) >= 11 is 0. The average Bonchev–Trinajstić information content (AvgIpc) is 3.28. The SMILES string of the molecule is CC(=O)c1ccc2nc(CN3CC(=O)N(c4cccc(OCc5ccccc5)n4)CC3=O)n(C[C@@H]3CCO3)c2c1. The third-order valence-corrected chi connectivity index (χ3v) is 7.23. The van der Waals surface area contributed by atoms with Crippen molar-refractivity contribution in [3.05, 3.63) is 83.7 Å². The molecule has 0 aliphatic carbocycles. The highest BCUT2D eigenvalue weighted by molar-refractivity contribution is 6.04. The Balaban J connectivity index is 1.18. The van der Waals surface area contributed by atoms with Crippen LogP contribution in [0.4, 0.5) is 5.82 Å². The molecule has 10 heteroatoms. The molecule has 0 spiro atoms. The van der Waals surface area contributed by atoms with Crippen molar-refractivity contribution in [2.45, 2.75) is 39.1 Å². The number of piperazine rings is 1. The zero-order chi connectivity index (χ0) is 27.6. The van der Waals surface area contributed by atoms with Gasteiger partial charge in [0.05, 0.1) is 30.2 Å². The number of aromatic nitrogens is 3. The first-order valence-electron chi connectivity index (χ1n) is 13.3. The van der Waals surface area contributed by atoms with Crippen molar-refractivity contribution in [2.75, 3.05) is 24.6 Å². The Morgan fingerprint density at radius 2 is 1.82 bits per heavy atom. The Bertz CT molecular complexity index is 1580. The normalized spacial score (nSPS) is 17.3. The molecule has 0 N–H and O–H groups in total. The Morgan fingerprint density at radius 1 is 1.00 bits per heavy atom. The van der Waals surface area contributed by atoms with Crippen molar-refractivity contribution in [3.63, 3.8) is 0 Å². The molecule has 2 fully saturated rings. The molecule has 4 heterocycles. The lowest BCUT2D eigenvalue weighted by Gasteiger charge is -2.33. The molecule has 40 heavy (non-hydrogen) atoms. The standard InChI is InChI=1S/C30H29N5O5/c1-20(36)22-10-11-24-25(14-22)34(15-23-12-13-39-23)27(31-24)16-33-17-30(38)35(18-29(33)37)26-8-5-9-28(32-26)40-19-21-6-3-2-4-7-21/h2-11,14,23H,12-13,15-19H2,1H3/t23-/m0/s1. The van der Waals surface area contributed by atoms with Gasteiger partial charge in [-0.15, -0.1) is 0 Å². The molecular formula is C30H29N5O5. The van der Waals surface area contributed by atoms with Crippen LogP contribution >= 0.6 is 0 Å². The molecule has 10 nitrogen and oxygen atoms in total. The smallest absolute Gasteiger partial charge is 0.248 e. The van der Waals surface area contributed by atoms with Crippen molar-refractivity contribution in [3.8, 4) is 5.88 Å². The van der Waals surface area contributed by atoms with E-state index in [1.54, 1.807) is 24.3 Å². The highest BCUT2D eigenvalue weighted by Crippen LogP contribution is 2.25. The Hall–Kier alpha value is -4.57. The highest BCUT2D eigenvalue weighted by atomic mass is 16.5. The molecule has 0 unspecified atom stereocenters.